The zero-order valence-corrected chi connectivity index (χ0v) is 12.7. The number of hydrogen-bond acceptors (Lipinski definition) is 5. The van der Waals surface area contributed by atoms with Gasteiger partial charge in [-0.05, 0) is 18.6 Å². The molecule has 0 bridgehead atoms. The van der Waals surface area contributed by atoms with Crippen LogP contribution in [0.3, 0.4) is 0 Å². The van der Waals surface area contributed by atoms with E-state index in [9.17, 15) is 4.79 Å². The Kier molecular flexibility index (Phi) is 5.37. The van der Waals surface area contributed by atoms with Crippen molar-refractivity contribution >= 4 is 5.91 Å². The molecule has 0 spiro atoms. The summed E-state index contributed by atoms with van der Waals surface area (Å²) in [6, 6.07) is 5.67. The summed E-state index contributed by atoms with van der Waals surface area (Å²) < 4.78 is 11.0. The summed E-state index contributed by atoms with van der Waals surface area (Å²) in [7, 11) is 0. The number of amides is 1. The number of rotatable bonds is 5. The summed E-state index contributed by atoms with van der Waals surface area (Å²) in [5.41, 5.74) is 0.464. The number of pyridine rings is 1. The maximum Gasteiger partial charge on any atom is 0.269 e. The van der Waals surface area contributed by atoms with Crippen LogP contribution in [0.5, 0.6) is 0 Å². The Bertz CT molecular complexity index is 471. The standard InChI is InChI=1S/C16H23N3O3/c20-16(14-3-1-2-5-17-14)18-11-15(13-4-8-22-12-13)19-6-9-21-10-7-19/h1-3,5,13,15H,4,6-12H2,(H,18,20)/t13-,15+/m1/s1. The van der Waals surface area contributed by atoms with Crippen molar-refractivity contribution in [3.05, 3.63) is 30.1 Å². The Morgan fingerprint density at radius 2 is 2.18 bits per heavy atom. The zero-order valence-electron chi connectivity index (χ0n) is 12.7. The Balaban J connectivity index is 1.60. The van der Waals surface area contributed by atoms with E-state index in [4.69, 9.17) is 9.47 Å². The summed E-state index contributed by atoms with van der Waals surface area (Å²) >= 11 is 0. The van der Waals surface area contributed by atoms with Crippen molar-refractivity contribution < 1.29 is 14.3 Å². The predicted octanol–water partition coefficient (Wildman–Crippen LogP) is 0.549. The number of carbonyl (C=O) groups is 1. The number of aromatic nitrogens is 1. The fourth-order valence-electron chi connectivity index (χ4n) is 3.14. The largest absolute Gasteiger partial charge is 0.381 e. The first kappa shape index (κ1) is 15.4. The Labute approximate surface area is 130 Å². The molecule has 1 amide bonds. The lowest BCUT2D eigenvalue weighted by atomic mass is 9.97. The van der Waals surface area contributed by atoms with Gasteiger partial charge in [0.15, 0.2) is 0 Å². The van der Waals surface area contributed by atoms with Crippen molar-refractivity contribution in [2.45, 2.75) is 12.5 Å². The lowest BCUT2D eigenvalue weighted by molar-refractivity contribution is 0.00165. The molecule has 2 atom stereocenters. The van der Waals surface area contributed by atoms with Gasteiger partial charge in [0.1, 0.15) is 5.69 Å². The van der Waals surface area contributed by atoms with Crippen LogP contribution in [0.4, 0.5) is 0 Å². The van der Waals surface area contributed by atoms with Gasteiger partial charge in [-0.25, -0.2) is 0 Å². The Morgan fingerprint density at radius 1 is 1.32 bits per heavy atom. The number of carbonyl (C=O) groups excluding carboxylic acids is 1. The lowest BCUT2D eigenvalue weighted by Gasteiger charge is -2.37. The van der Waals surface area contributed by atoms with Gasteiger partial charge >= 0.3 is 0 Å². The van der Waals surface area contributed by atoms with Crippen LogP contribution in [0.15, 0.2) is 24.4 Å². The molecule has 2 saturated heterocycles. The van der Waals surface area contributed by atoms with E-state index >= 15 is 0 Å². The quantitative estimate of drug-likeness (QED) is 0.861. The van der Waals surface area contributed by atoms with Crippen LogP contribution in [-0.2, 0) is 9.47 Å². The van der Waals surface area contributed by atoms with Gasteiger partial charge in [0.25, 0.3) is 5.91 Å². The van der Waals surface area contributed by atoms with Gasteiger partial charge < -0.3 is 14.8 Å². The van der Waals surface area contributed by atoms with E-state index in [0.29, 0.717) is 24.2 Å². The third-order valence-corrected chi connectivity index (χ3v) is 4.39. The highest BCUT2D eigenvalue weighted by Crippen LogP contribution is 2.21. The first-order valence-corrected chi connectivity index (χ1v) is 7.93. The van der Waals surface area contributed by atoms with Crippen molar-refractivity contribution in [3.8, 4) is 0 Å². The second-order valence-corrected chi connectivity index (χ2v) is 5.76. The molecule has 2 fully saturated rings. The average molecular weight is 305 g/mol. The van der Waals surface area contributed by atoms with Gasteiger partial charge in [0.05, 0.1) is 19.8 Å². The fourth-order valence-corrected chi connectivity index (χ4v) is 3.14. The van der Waals surface area contributed by atoms with Gasteiger partial charge in [-0.15, -0.1) is 0 Å². The van der Waals surface area contributed by atoms with Gasteiger partial charge in [-0.3, -0.25) is 14.7 Å². The van der Waals surface area contributed by atoms with Gasteiger partial charge in [0.2, 0.25) is 0 Å². The van der Waals surface area contributed by atoms with Crippen LogP contribution in [0.1, 0.15) is 16.9 Å². The molecule has 2 aliphatic heterocycles. The molecule has 0 saturated carbocycles. The van der Waals surface area contributed by atoms with E-state index in [1.165, 1.54) is 0 Å². The molecular weight excluding hydrogens is 282 g/mol. The van der Waals surface area contributed by atoms with Crippen LogP contribution >= 0.6 is 0 Å². The maximum absolute atomic E-state index is 12.2. The highest BCUT2D eigenvalue weighted by Gasteiger charge is 2.31. The molecule has 6 nitrogen and oxygen atoms in total. The number of ether oxygens (including phenoxy) is 2. The predicted molar refractivity (Wildman–Crippen MR) is 81.7 cm³/mol. The molecule has 120 valence electrons. The monoisotopic (exact) mass is 305 g/mol. The maximum atomic E-state index is 12.2. The van der Waals surface area contributed by atoms with E-state index < -0.39 is 0 Å². The first-order chi connectivity index (χ1) is 10.8. The summed E-state index contributed by atoms with van der Waals surface area (Å²) in [4.78, 5) is 18.7. The highest BCUT2D eigenvalue weighted by atomic mass is 16.5. The average Bonchev–Trinajstić information content (AvgIpc) is 3.11. The molecule has 3 heterocycles. The van der Waals surface area contributed by atoms with Gasteiger partial charge in [-0.1, -0.05) is 6.07 Å². The molecule has 6 heteroatoms. The lowest BCUT2D eigenvalue weighted by Crippen LogP contribution is -2.52. The van der Waals surface area contributed by atoms with Crippen LogP contribution in [-0.4, -0.2) is 67.9 Å². The van der Waals surface area contributed by atoms with Gasteiger partial charge in [0, 0.05) is 44.4 Å². The molecule has 0 radical (unpaired) electrons. The fraction of sp³-hybridized carbons (Fsp3) is 0.625. The van der Waals surface area contributed by atoms with Crippen molar-refractivity contribution in [1.29, 1.82) is 0 Å². The van der Waals surface area contributed by atoms with Gasteiger partial charge in [-0.2, -0.15) is 0 Å². The first-order valence-electron chi connectivity index (χ1n) is 7.93. The molecule has 0 aliphatic carbocycles. The molecule has 1 N–H and O–H groups in total. The summed E-state index contributed by atoms with van der Waals surface area (Å²) in [6.07, 6.45) is 2.70. The molecule has 22 heavy (non-hydrogen) atoms. The second-order valence-electron chi connectivity index (χ2n) is 5.76. The summed E-state index contributed by atoms with van der Waals surface area (Å²) in [6.45, 7) is 5.59. The highest BCUT2D eigenvalue weighted by molar-refractivity contribution is 5.92. The molecular formula is C16H23N3O3. The molecule has 2 aliphatic rings. The van der Waals surface area contributed by atoms with E-state index in [1.54, 1.807) is 12.3 Å². The Hall–Kier alpha value is -1.50. The summed E-state index contributed by atoms with van der Waals surface area (Å²) in [5, 5.41) is 3.03. The van der Waals surface area contributed by atoms with Crippen LogP contribution in [0.25, 0.3) is 0 Å². The minimum Gasteiger partial charge on any atom is -0.381 e. The molecule has 0 unspecified atom stereocenters. The van der Waals surface area contributed by atoms with E-state index in [-0.39, 0.29) is 5.91 Å². The minimum absolute atomic E-state index is 0.113. The van der Waals surface area contributed by atoms with E-state index in [2.05, 4.69) is 15.2 Å². The number of nitrogens with zero attached hydrogens (tertiary/aromatic N) is 2. The van der Waals surface area contributed by atoms with Crippen molar-refractivity contribution in [1.82, 2.24) is 15.2 Å². The van der Waals surface area contributed by atoms with Crippen molar-refractivity contribution in [2.75, 3.05) is 46.1 Å². The third kappa shape index (κ3) is 3.82. The van der Waals surface area contributed by atoms with Crippen molar-refractivity contribution in [2.24, 2.45) is 5.92 Å². The minimum atomic E-state index is -0.113. The van der Waals surface area contributed by atoms with Crippen molar-refractivity contribution in [3.63, 3.8) is 0 Å². The number of hydrogen-bond donors (Lipinski definition) is 1. The molecule has 0 aromatic carbocycles. The van der Waals surface area contributed by atoms with Crippen LogP contribution in [0.2, 0.25) is 0 Å². The smallest absolute Gasteiger partial charge is 0.269 e. The van der Waals surface area contributed by atoms with E-state index in [1.807, 2.05) is 12.1 Å². The van der Waals surface area contributed by atoms with Crippen LogP contribution in [0, 0.1) is 5.92 Å². The number of morpholine rings is 1. The van der Waals surface area contributed by atoms with Crippen LogP contribution < -0.4 is 5.32 Å². The zero-order chi connectivity index (χ0) is 15.2. The second kappa shape index (κ2) is 7.67. The SMILES string of the molecule is O=C(NC[C@@H]([C@@H]1CCOC1)N1CCOCC1)c1ccccn1. The molecule has 1 aromatic heterocycles. The molecule has 1 aromatic rings. The molecule has 3 rings (SSSR count). The van der Waals surface area contributed by atoms with E-state index in [0.717, 1.165) is 45.9 Å². The number of nitrogens with one attached hydrogen (secondary N) is 1. The summed E-state index contributed by atoms with van der Waals surface area (Å²) in [5.74, 6) is 0.361. The third-order valence-electron chi connectivity index (χ3n) is 4.39. The normalized spacial score (nSPS) is 24.1. The Morgan fingerprint density at radius 3 is 2.86 bits per heavy atom. The topological polar surface area (TPSA) is 63.7 Å².